The highest BCUT2D eigenvalue weighted by Gasteiger charge is 2.51. The van der Waals surface area contributed by atoms with Crippen LogP contribution in [0.5, 0.6) is 0 Å². The quantitative estimate of drug-likeness (QED) is 0.845. The van der Waals surface area contributed by atoms with E-state index in [1.807, 2.05) is 0 Å². The van der Waals surface area contributed by atoms with Gasteiger partial charge in [-0.25, -0.2) is 0 Å². The van der Waals surface area contributed by atoms with Crippen molar-refractivity contribution in [3.05, 3.63) is 22.7 Å². The van der Waals surface area contributed by atoms with E-state index >= 15 is 0 Å². The smallest absolute Gasteiger partial charge is 0.0723 e. The molecule has 1 aliphatic carbocycles. The lowest BCUT2D eigenvalue weighted by atomic mass is 10.0. The van der Waals surface area contributed by atoms with Gasteiger partial charge in [0.1, 0.15) is 0 Å². The molecule has 1 fully saturated rings. The predicted octanol–water partition coefficient (Wildman–Crippen LogP) is 3.62. The van der Waals surface area contributed by atoms with Gasteiger partial charge >= 0.3 is 0 Å². The number of nitrogens with zero attached hydrogens (tertiary/aromatic N) is 1. The number of nitrogens with one attached hydrogen (secondary N) is 1. The van der Waals surface area contributed by atoms with Gasteiger partial charge in [0, 0.05) is 17.1 Å². The zero-order chi connectivity index (χ0) is 11.3. The fourth-order valence-electron chi connectivity index (χ4n) is 2.87. The second kappa shape index (κ2) is 3.39. The minimum absolute atomic E-state index is 0.405. The Morgan fingerprint density at radius 1 is 1.38 bits per heavy atom. The maximum absolute atomic E-state index is 3.63. The minimum atomic E-state index is 0.405. The van der Waals surface area contributed by atoms with Crippen molar-refractivity contribution < 1.29 is 0 Å². The van der Waals surface area contributed by atoms with E-state index in [0.29, 0.717) is 11.6 Å². The summed E-state index contributed by atoms with van der Waals surface area (Å²) in [5, 5.41) is 3.58. The zero-order valence-corrected chi connectivity index (χ0v) is 11.3. The average molecular weight is 281 g/mol. The molecular weight excluding hydrogens is 264 g/mol. The fraction of sp³-hybridized carbons (Fsp3) is 0.538. The molecule has 0 saturated heterocycles. The second-order valence-electron chi connectivity index (χ2n) is 5.18. The lowest BCUT2D eigenvalue weighted by Gasteiger charge is -2.43. The molecular formula is C13H17BrN2. The highest BCUT2D eigenvalue weighted by atomic mass is 79.9. The van der Waals surface area contributed by atoms with Crippen LogP contribution in [0, 0.1) is 0 Å². The Bertz CT molecular complexity index is 424. The number of halogens is 1. The van der Waals surface area contributed by atoms with Gasteiger partial charge in [-0.2, -0.15) is 0 Å². The number of para-hydroxylation sites is 1. The van der Waals surface area contributed by atoms with Crippen molar-refractivity contribution in [3.63, 3.8) is 0 Å². The lowest BCUT2D eigenvalue weighted by molar-refractivity contribution is 0.538. The summed E-state index contributed by atoms with van der Waals surface area (Å²) in [6.07, 6.45) is 2.65. The summed E-state index contributed by atoms with van der Waals surface area (Å²) in [6.45, 7) is 5.66. The lowest BCUT2D eigenvalue weighted by Crippen LogP contribution is -2.50. The van der Waals surface area contributed by atoms with E-state index in [4.69, 9.17) is 0 Å². The number of hydrogen-bond donors (Lipinski definition) is 1. The third-order valence-electron chi connectivity index (χ3n) is 3.70. The summed E-state index contributed by atoms with van der Waals surface area (Å²) in [5.41, 5.74) is 3.02. The topological polar surface area (TPSA) is 15.3 Å². The molecule has 1 aromatic rings. The molecule has 0 atom stereocenters. The Hall–Kier alpha value is -0.700. The molecule has 86 valence electrons. The molecule has 3 rings (SSSR count). The van der Waals surface area contributed by atoms with Gasteiger partial charge < -0.3 is 10.2 Å². The molecule has 2 aliphatic rings. The molecule has 0 bridgehead atoms. The third kappa shape index (κ3) is 1.37. The summed E-state index contributed by atoms with van der Waals surface area (Å²) >= 11 is 3.63. The van der Waals surface area contributed by atoms with Crippen molar-refractivity contribution in [2.24, 2.45) is 0 Å². The highest BCUT2D eigenvalue weighted by Crippen LogP contribution is 2.51. The Morgan fingerprint density at radius 3 is 2.75 bits per heavy atom. The fourth-order valence-corrected chi connectivity index (χ4v) is 3.37. The van der Waals surface area contributed by atoms with Crippen LogP contribution in [0.25, 0.3) is 0 Å². The van der Waals surface area contributed by atoms with Crippen LogP contribution in [0.4, 0.5) is 11.4 Å². The summed E-state index contributed by atoms with van der Waals surface area (Å²) in [4.78, 5) is 2.60. The van der Waals surface area contributed by atoms with Crippen LogP contribution in [0.3, 0.4) is 0 Å². The Labute approximate surface area is 105 Å². The molecule has 1 spiro atoms. The summed E-state index contributed by atoms with van der Waals surface area (Å²) in [6, 6.07) is 7.03. The zero-order valence-electron chi connectivity index (χ0n) is 9.76. The van der Waals surface area contributed by atoms with Crippen molar-refractivity contribution in [2.75, 3.05) is 16.8 Å². The highest BCUT2D eigenvalue weighted by molar-refractivity contribution is 9.10. The van der Waals surface area contributed by atoms with Crippen LogP contribution in [0.2, 0.25) is 0 Å². The van der Waals surface area contributed by atoms with E-state index in [1.54, 1.807) is 0 Å². The minimum Gasteiger partial charge on any atom is -0.380 e. The van der Waals surface area contributed by atoms with E-state index in [9.17, 15) is 0 Å². The molecule has 1 aliphatic heterocycles. The van der Waals surface area contributed by atoms with Crippen molar-refractivity contribution in [2.45, 2.75) is 38.3 Å². The van der Waals surface area contributed by atoms with E-state index in [2.05, 4.69) is 58.2 Å². The first-order valence-corrected chi connectivity index (χ1v) is 6.75. The second-order valence-corrected chi connectivity index (χ2v) is 6.03. The third-order valence-corrected chi connectivity index (χ3v) is 4.36. The Balaban J connectivity index is 2.11. The maximum Gasteiger partial charge on any atom is 0.0723 e. The van der Waals surface area contributed by atoms with Gasteiger partial charge in [0.2, 0.25) is 0 Å². The van der Waals surface area contributed by atoms with Crippen LogP contribution in [0.15, 0.2) is 22.7 Å². The van der Waals surface area contributed by atoms with Gasteiger partial charge in [-0.1, -0.05) is 6.07 Å². The van der Waals surface area contributed by atoms with Gasteiger partial charge in [-0.3, -0.25) is 0 Å². The van der Waals surface area contributed by atoms with Crippen LogP contribution in [-0.4, -0.2) is 18.1 Å². The molecule has 0 radical (unpaired) electrons. The van der Waals surface area contributed by atoms with Crippen LogP contribution < -0.4 is 10.2 Å². The normalized spacial score (nSPS) is 20.9. The molecule has 0 unspecified atom stereocenters. The van der Waals surface area contributed by atoms with Crippen LogP contribution in [0.1, 0.15) is 26.7 Å². The van der Waals surface area contributed by atoms with Crippen molar-refractivity contribution >= 4 is 27.3 Å². The van der Waals surface area contributed by atoms with Crippen molar-refractivity contribution in [3.8, 4) is 0 Å². The molecule has 3 heteroatoms. The first kappa shape index (κ1) is 10.5. The number of rotatable bonds is 1. The maximum atomic E-state index is 3.63. The molecule has 0 amide bonds. The molecule has 1 N–H and O–H groups in total. The van der Waals surface area contributed by atoms with Gasteiger partial charge in [0.15, 0.2) is 0 Å². The van der Waals surface area contributed by atoms with Gasteiger partial charge in [0.05, 0.1) is 16.9 Å². The van der Waals surface area contributed by atoms with Crippen molar-refractivity contribution in [1.29, 1.82) is 0 Å². The van der Waals surface area contributed by atoms with E-state index in [-0.39, 0.29) is 0 Å². The van der Waals surface area contributed by atoms with Crippen molar-refractivity contribution in [1.82, 2.24) is 0 Å². The average Bonchev–Trinajstić information content (AvgIpc) is 2.98. The Morgan fingerprint density at radius 2 is 2.12 bits per heavy atom. The van der Waals surface area contributed by atoms with Gasteiger partial charge in [-0.15, -0.1) is 0 Å². The summed E-state index contributed by atoms with van der Waals surface area (Å²) < 4.78 is 1.17. The number of hydrogen-bond acceptors (Lipinski definition) is 2. The monoisotopic (exact) mass is 280 g/mol. The number of fused-ring (bicyclic) bond motifs is 1. The van der Waals surface area contributed by atoms with Crippen LogP contribution >= 0.6 is 15.9 Å². The number of anilines is 2. The van der Waals surface area contributed by atoms with Crippen LogP contribution in [-0.2, 0) is 0 Å². The molecule has 1 heterocycles. The largest absolute Gasteiger partial charge is 0.380 e. The molecule has 0 aromatic heterocycles. The SMILES string of the molecule is CC(C)N1c2cccc(Br)c2NCC12CC2. The van der Waals surface area contributed by atoms with E-state index < -0.39 is 0 Å². The molecule has 1 saturated carbocycles. The Kier molecular flexibility index (Phi) is 2.22. The summed E-state index contributed by atoms with van der Waals surface area (Å²) in [7, 11) is 0. The van der Waals surface area contributed by atoms with E-state index in [0.717, 1.165) is 6.54 Å². The molecule has 16 heavy (non-hydrogen) atoms. The van der Waals surface area contributed by atoms with Gasteiger partial charge in [-0.05, 0) is 54.8 Å². The first-order chi connectivity index (χ1) is 7.64. The van der Waals surface area contributed by atoms with E-state index in [1.165, 1.54) is 28.7 Å². The summed E-state index contributed by atoms with van der Waals surface area (Å²) in [5.74, 6) is 0. The standard InChI is InChI=1S/C13H17BrN2/c1-9(2)16-11-5-3-4-10(14)12(11)15-8-13(16)6-7-13/h3-5,9,15H,6-8H2,1-2H3. The number of benzene rings is 1. The molecule has 1 aromatic carbocycles. The molecule has 2 nitrogen and oxygen atoms in total. The van der Waals surface area contributed by atoms with Gasteiger partial charge in [0.25, 0.3) is 0 Å². The predicted molar refractivity (Wildman–Crippen MR) is 72.2 cm³/mol. The first-order valence-electron chi connectivity index (χ1n) is 5.96.